The number of rotatable bonds is 0. The lowest BCUT2D eigenvalue weighted by Crippen LogP contribution is -2.26. The van der Waals surface area contributed by atoms with Crippen molar-refractivity contribution in [3.8, 4) is 0 Å². The first-order valence-electron chi connectivity index (χ1n) is 6.53. The van der Waals surface area contributed by atoms with Gasteiger partial charge in [0.1, 0.15) is 0 Å². The van der Waals surface area contributed by atoms with E-state index in [9.17, 15) is 4.79 Å². The number of nitrogens with one attached hydrogen (secondary N) is 1. The van der Waals surface area contributed by atoms with Crippen molar-refractivity contribution < 1.29 is 0 Å². The third-order valence-corrected chi connectivity index (χ3v) is 3.57. The maximum Gasteiger partial charge on any atom is 0.270 e. The fourth-order valence-corrected chi connectivity index (χ4v) is 2.71. The van der Waals surface area contributed by atoms with E-state index in [-0.39, 0.29) is 5.56 Å². The molecule has 5 heteroatoms. The molecule has 0 atom stereocenters. The molecule has 0 aromatic carbocycles. The first kappa shape index (κ1) is 11.2. The molecule has 98 valence electrons. The molecule has 0 radical (unpaired) electrons. The van der Waals surface area contributed by atoms with E-state index in [4.69, 9.17) is 0 Å². The summed E-state index contributed by atoms with van der Waals surface area (Å²) in [5.41, 5.74) is 3.57. The maximum absolute atomic E-state index is 11.6. The second-order valence-corrected chi connectivity index (χ2v) is 4.79. The normalized spacial score (nSPS) is 21.9. The summed E-state index contributed by atoms with van der Waals surface area (Å²) in [5.74, 6) is 0.872. The number of nitrogens with zero attached hydrogens (tertiary/aromatic N) is 3. The molecule has 0 aliphatic carbocycles. The Labute approximate surface area is 115 Å². The van der Waals surface area contributed by atoms with Crippen LogP contribution in [0.15, 0.2) is 57.9 Å². The van der Waals surface area contributed by atoms with Gasteiger partial charge in [-0.1, -0.05) is 6.08 Å². The molecule has 1 aromatic heterocycles. The monoisotopic (exact) mass is 264 g/mol. The Morgan fingerprint density at radius 2 is 2.20 bits per heavy atom. The van der Waals surface area contributed by atoms with Crippen molar-refractivity contribution >= 4 is 11.9 Å². The Hall–Kier alpha value is -2.69. The number of anilines is 1. The maximum atomic E-state index is 11.6. The lowest BCUT2D eigenvalue weighted by molar-refractivity contribution is 0.885. The molecule has 0 spiro atoms. The zero-order valence-corrected chi connectivity index (χ0v) is 10.7. The lowest BCUT2D eigenvalue weighted by Gasteiger charge is -2.26. The molecule has 0 bridgehead atoms. The van der Waals surface area contributed by atoms with Crippen LogP contribution in [-0.2, 0) is 6.42 Å². The van der Waals surface area contributed by atoms with Gasteiger partial charge in [-0.3, -0.25) is 4.79 Å². The molecular weight excluding hydrogens is 252 g/mol. The van der Waals surface area contributed by atoms with Gasteiger partial charge in [0.2, 0.25) is 0 Å². The van der Waals surface area contributed by atoms with Crippen LogP contribution < -0.4 is 15.8 Å². The van der Waals surface area contributed by atoms with Crippen LogP contribution in [0.25, 0.3) is 0 Å². The average Bonchev–Trinajstić information content (AvgIpc) is 2.82. The average molecular weight is 264 g/mol. The summed E-state index contributed by atoms with van der Waals surface area (Å²) in [5, 5.41) is 3.20. The van der Waals surface area contributed by atoms with Gasteiger partial charge in [-0.25, -0.2) is 9.98 Å². The minimum absolute atomic E-state index is 0.197. The number of dihydropyridines is 1. The Morgan fingerprint density at radius 1 is 1.25 bits per heavy atom. The largest absolute Gasteiger partial charge is 0.359 e. The van der Waals surface area contributed by atoms with Gasteiger partial charge in [0.15, 0.2) is 5.82 Å². The molecule has 4 heterocycles. The van der Waals surface area contributed by atoms with Gasteiger partial charge in [-0.2, -0.15) is 0 Å². The van der Waals surface area contributed by atoms with E-state index in [1.54, 1.807) is 12.3 Å². The fourth-order valence-electron chi connectivity index (χ4n) is 2.71. The highest BCUT2D eigenvalue weighted by molar-refractivity contribution is 5.93. The molecule has 0 saturated heterocycles. The van der Waals surface area contributed by atoms with Crippen LogP contribution in [-0.4, -0.2) is 17.7 Å². The highest BCUT2D eigenvalue weighted by Crippen LogP contribution is 2.35. The van der Waals surface area contributed by atoms with E-state index in [0.29, 0.717) is 0 Å². The minimum atomic E-state index is -0.197. The molecule has 4 rings (SSSR count). The van der Waals surface area contributed by atoms with Crippen LogP contribution in [0.3, 0.4) is 0 Å². The SMILES string of the molecule is O=c1ccc2c3c(n1)CCN3C(=C1C=CC=CN1)N=C2. The molecule has 0 saturated carbocycles. The second kappa shape index (κ2) is 4.16. The summed E-state index contributed by atoms with van der Waals surface area (Å²) in [4.78, 5) is 22.4. The minimum Gasteiger partial charge on any atom is -0.359 e. The Morgan fingerprint density at radius 3 is 3.05 bits per heavy atom. The third-order valence-electron chi connectivity index (χ3n) is 3.57. The van der Waals surface area contributed by atoms with Crippen molar-refractivity contribution in [3.63, 3.8) is 0 Å². The van der Waals surface area contributed by atoms with Crippen molar-refractivity contribution in [2.45, 2.75) is 6.42 Å². The Bertz CT molecular complexity index is 774. The number of hydrogen-bond acceptors (Lipinski definition) is 5. The third kappa shape index (κ3) is 1.60. The van der Waals surface area contributed by atoms with Gasteiger partial charge in [0.05, 0.1) is 17.1 Å². The van der Waals surface area contributed by atoms with Gasteiger partial charge in [0.25, 0.3) is 5.56 Å². The van der Waals surface area contributed by atoms with Gasteiger partial charge in [0, 0.05) is 37.0 Å². The van der Waals surface area contributed by atoms with E-state index in [2.05, 4.69) is 20.2 Å². The fraction of sp³-hybridized carbons (Fsp3) is 0.133. The van der Waals surface area contributed by atoms with Crippen molar-refractivity contribution in [3.05, 3.63) is 69.7 Å². The van der Waals surface area contributed by atoms with Gasteiger partial charge >= 0.3 is 0 Å². The predicted molar refractivity (Wildman–Crippen MR) is 77.6 cm³/mol. The summed E-state index contributed by atoms with van der Waals surface area (Å²) in [6, 6.07) is 3.29. The van der Waals surface area contributed by atoms with Gasteiger partial charge in [-0.05, 0) is 18.2 Å². The quantitative estimate of drug-likeness (QED) is 0.762. The number of aliphatic imine (C=N–C) groups is 1. The van der Waals surface area contributed by atoms with Crippen LogP contribution in [0.2, 0.25) is 0 Å². The van der Waals surface area contributed by atoms with E-state index in [0.717, 1.165) is 41.4 Å². The number of hydrogen-bond donors (Lipinski definition) is 1. The molecule has 3 aliphatic rings. The smallest absolute Gasteiger partial charge is 0.270 e. The number of aromatic nitrogens is 1. The summed E-state index contributed by atoms with van der Waals surface area (Å²) in [6.07, 6.45) is 10.4. The van der Waals surface area contributed by atoms with Crippen molar-refractivity contribution in [1.29, 1.82) is 0 Å². The standard InChI is InChI=1S/C15H12N4O/c20-13-5-4-10-9-17-15(12-3-1-2-7-16-12)19-8-6-11(18-13)14(10)19/h1-5,7,9,16H,6,8H2. The highest BCUT2D eigenvalue weighted by Gasteiger charge is 2.29. The molecule has 5 nitrogen and oxygen atoms in total. The first-order chi connectivity index (χ1) is 9.83. The molecule has 3 aliphatic heterocycles. The van der Waals surface area contributed by atoms with E-state index >= 15 is 0 Å². The summed E-state index contributed by atoms with van der Waals surface area (Å²) in [7, 11) is 0. The van der Waals surface area contributed by atoms with Crippen molar-refractivity contribution in [1.82, 2.24) is 10.3 Å². The van der Waals surface area contributed by atoms with Crippen LogP contribution >= 0.6 is 0 Å². The molecule has 0 unspecified atom stereocenters. The van der Waals surface area contributed by atoms with Gasteiger partial charge in [-0.15, -0.1) is 0 Å². The van der Waals surface area contributed by atoms with Crippen molar-refractivity contribution in [2.24, 2.45) is 4.99 Å². The van der Waals surface area contributed by atoms with Crippen molar-refractivity contribution in [2.75, 3.05) is 11.4 Å². The van der Waals surface area contributed by atoms with E-state index < -0.39 is 0 Å². The summed E-state index contributed by atoms with van der Waals surface area (Å²) in [6.45, 7) is 0.800. The van der Waals surface area contributed by atoms with Gasteiger partial charge < -0.3 is 10.2 Å². The zero-order chi connectivity index (χ0) is 13.5. The molecule has 0 amide bonds. The summed E-state index contributed by atoms with van der Waals surface area (Å²) < 4.78 is 0. The van der Waals surface area contributed by atoms with Crippen LogP contribution in [0.4, 0.5) is 5.69 Å². The Kier molecular flexibility index (Phi) is 2.32. The van der Waals surface area contributed by atoms with Crippen LogP contribution in [0.1, 0.15) is 11.3 Å². The molecule has 1 aromatic rings. The molecule has 20 heavy (non-hydrogen) atoms. The molecule has 1 N–H and O–H groups in total. The second-order valence-electron chi connectivity index (χ2n) is 4.79. The first-order valence-corrected chi connectivity index (χ1v) is 6.53. The van der Waals surface area contributed by atoms with E-state index in [1.807, 2.05) is 24.4 Å². The zero-order valence-electron chi connectivity index (χ0n) is 10.7. The topological polar surface area (TPSA) is 57.6 Å². The highest BCUT2D eigenvalue weighted by atomic mass is 16.1. The Balaban J connectivity index is 1.93. The van der Waals surface area contributed by atoms with Crippen LogP contribution in [0, 0.1) is 0 Å². The molecular formula is C15H12N4O. The number of allylic oxidation sites excluding steroid dienone is 3. The molecule has 0 fully saturated rings. The van der Waals surface area contributed by atoms with E-state index in [1.165, 1.54) is 6.07 Å². The predicted octanol–water partition coefficient (Wildman–Crippen LogP) is 1.08. The summed E-state index contributed by atoms with van der Waals surface area (Å²) >= 11 is 0. The van der Waals surface area contributed by atoms with Crippen LogP contribution in [0.5, 0.6) is 0 Å². The lowest BCUT2D eigenvalue weighted by atomic mass is 10.2.